The molecule has 1 aromatic rings. The van der Waals surface area contributed by atoms with Gasteiger partial charge in [0.2, 0.25) is 0 Å². The van der Waals surface area contributed by atoms with Gasteiger partial charge < -0.3 is 20.1 Å². The fraction of sp³-hybridized carbons (Fsp3) is 0.444. The molecule has 2 N–H and O–H groups in total. The Hall–Kier alpha value is -2.48. The first-order chi connectivity index (χ1) is 12.5. The Morgan fingerprint density at radius 1 is 1.35 bits per heavy atom. The van der Waals surface area contributed by atoms with Gasteiger partial charge in [-0.2, -0.15) is 0 Å². The fourth-order valence-corrected chi connectivity index (χ4v) is 3.83. The van der Waals surface area contributed by atoms with E-state index >= 15 is 0 Å². The summed E-state index contributed by atoms with van der Waals surface area (Å²) in [5, 5.41) is 11.5. The van der Waals surface area contributed by atoms with Crippen LogP contribution in [0.15, 0.2) is 23.8 Å². The summed E-state index contributed by atoms with van der Waals surface area (Å²) in [6.45, 7) is -0.0911. The molecule has 2 atom stereocenters. The number of hydrogen-bond donors (Lipinski definition) is 2. The number of urea groups is 1. The summed E-state index contributed by atoms with van der Waals surface area (Å²) in [5.74, 6) is -2.08. The quantitative estimate of drug-likeness (QED) is 0.797. The molecule has 2 aliphatic rings. The maximum absolute atomic E-state index is 14.3. The number of hydrogen-bond acceptors (Lipinski definition) is 4. The van der Waals surface area contributed by atoms with Crippen LogP contribution in [0, 0.1) is 11.6 Å². The Balaban J connectivity index is 2.05. The number of nitrogens with zero attached hydrogens (tertiary/aromatic N) is 1. The van der Waals surface area contributed by atoms with Crippen LogP contribution in [-0.2, 0) is 9.53 Å². The second kappa shape index (κ2) is 7.41. The zero-order valence-electron chi connectivity index (χ0n) is 14.3. The standard InChI is InChI=1S/C18H20F2N2O4/c1-26-17(24)16-13(12-4-2-10(19)8-14(12)20)9-11-3-5-15(16)22(11)18(25)21-6-7-23/h2,4,8,11,15,23H,3,5-7,9H2,1H3,(H,21,25). The van der Waals surface area contributed by atoms with E-state index in [1.165, 1.54) is 13.2 Å². The van der Waals surface area contributed by atoms with Gasteiger partial charge in [-0.15, -0.1) is 0 Å². The third-order valence-corrected chi connectivity index (χ3v) is 4.88. The van der Waals surface area contributed by atoms with E-state index in [4.69, 9.17) is 9.84 Å². The van der Waals surface area contributed by atoms with Gasteiger partial charge in [0.15, 0.2) is 0 Å². The normalized spacial score (nSPS) is 21.8. The van der Waals surface area contributed by atoms with Gasteiger partial charge in [-0.05, 0) is 37.0 Å². The molecule has 26 heavy (non-hydrogen) atoms. The van der Waals surface area contributed by atoms with Gasteiger partial charge in [0.1, 0.15) is 11.6 Å². The van der Waals surface area contributed by atoms with Crippen LogP contribution in [0.5, 0.6) is 0 Å². The highest BCUT2D eigenvalue weighted by Crippen LogP contribution is 2.44. The number of aliphatic hydroxyl groups excluding tert-OH is 1. The molecule has 0 radical (unpaired) electrons. The van der Waals surface area contributed by atoms with Crippen LogP contribution in [0.2, 0.25) is 0 Å². The lowest BCUT2D eigenvalue weighted by molar-refractivity contribution is -0.136. The van der Waals surface area contributed by atoms with Crippen molar-refractivity contribution < 1.29 is 28.2 Å². The van der Waals surface area contributed by atoms with E-state index in [1.807, 2.05) is 0 Å². The third-order valence-electron chi connectivity index (χ3n) is 4.88. The molecule has 0 spiro atoms. The van der Waals surface area contributed by atoms with Crippen molar-refractivity contribution in [2.45, 2.75) is 31.3 Å². The number of methoxy groups -OCH3 is 1. The minimum absolute atomic E-state index is 0.103. The van der Waals surface area contributed by atoms with Gasteiger partial charge in [0.05, 0.1) is 25.3 Å². The number of ether oxygens (including phenoxy) is 1. The number of aliphatic hydroxyl groups is 1. The van der Waals surface area contributed by atoms with Crippen molar-refractivity contribution in [2.24, 2.45) is 0 Å². The molecule has 2 unspecified atom stereocenters. The zero-order valence-corrected chi connectivity index (χ0v) is 14.3. The van der Waals surface area contributed by atoms with E-state index in [9.17, 15) is 18.4 Å². The molecule has 0 aromatic heterocycles. The van der Waals surface area contributed by atoms with Gasteiger partial charge in [0, 0.05) is 24.2 Å². The van der Waals surface area contributed by atoms with Crippen LogP contribution in [0.3, 0.4) is 0 Å². The van der Waals surface area contributed by atoms with E-state index in [2.05, 4.69) is 5.32 Å². The van der Waals surface area contributed by atoms with E-state index in [0.717, 1.165) is 12.1 Å². The highest BCUT2D eigenvalue weighted by Gasteiger charge is 2.46. The fourth-order valence-electron chi connectivity index (χ4n) is 3.83. The van der Waals surface area contributed by atoms with Gasteiger partial charge in [-0.1, -0.05) is 0 Å². The van der Waals surface area contributed by atoms with Gasteiger partial charge in [0.25, 0.3) is 0 Å². The molecule has 2 amide bonds. The van der Waals surface area contributed by atoms with Crippen LogP contribution >= 0.6 is 0 Å². The maximum Gasteiger partial charge on any atom is 0.336 e. The molecule has 6 nitrogen and oxygen atoms in total. The minimum Gasteiger partial charge on any atom is -0.466 e. The molecule has 0 saturated carbocycles. The molecule has 140 valence electrons. The molecule has 3 rings (SSSR count). The number of amides is 2. The summed E-state index contributed by atoms with van der Waals surface area (Å²) in [5.41, 5.74) is 0.832. The Labute approximate surface area is 149 Å². The molecule has 0 aliphatic carbocycles. The lowest BCUT2D eigenvalue weighted by atomic mass is 9.88. The zero-order chi connectivity index (χ0) is 18.8. The first-order valence-corrected chi connectivity index (χ1v) is 8.41. The van der Waals surface area contributed by atoms with Crippen LogP contribution in [0.4, 0.5) is 13.6 Å². The topological polar surface area (TPSA) is 78.9 Å². The predicted molar refractivity (Wildman–Crippen MR) is 89.0 cm³/mol. The second-order valence-corrected chi connectivity index (χ2v) is 6.32. The summed E-state index contributed by atoms with van der Waals surface area (Å²) in [6, 6.07) is 2.10. The molecule has 2 bridgehead atoms. The van der Waals surface area contributed by atoms with Crippen molar-refractivity contribution in [3.05, 3.63) is 41.0 Å². The molecular formula is C18H20F2N2O4. The predicted octanol–water partition coefficient (Wildman–Crippen LogP) is 1.83. The van der Waals surface area contributed by atoms with Crippen molar-refractivity contribution in [1.82, 2.24) is 10.2 Å². The van der Waals surface area contributed by atoms with Crippen molar-refractivity contribution in [1.29, 1.82) is 0 Å². The van der Waals surface area contributed by atoms with Crippen molar-refractivity contribution in [2.75, 3.05) is 20.3 Å². The maximum atomic E-state index is 14.3. The minimum atomic E-state index is -0.751. The summed E-state index contributed by atoms with van der Waals surface area (Å²) < 4.78 is 32.5. The monoisotopic (exact) mass is 366 g/mol. The summed E-state index contributed by atoms with van der Waals surface area (Å²) in [7, 11) is 1.23. The number of nitrogens with one attached hydrogen (secondary N) is 1. The van der Waals surface area contributed by atoms with Crippen LogP contribution < -0.4 is 5.32 Å². The molecule has 1 fully saturated rings. The van der Waals surface area contributed by atoms with E-state index in [1.54, 1.807) is 4.90 Å². The van der Waals surface area contributed by atoms with Crippen LogP contribution in [0.1, 0.15) is 24.8 Å². The van der Waals surface area contributed by atoms with Gasteiger partial charge in [-0.25, -0.2) is 18.4 Å². The highest BCUT2D eigenvalue weighted by molar-refractivity contribution is 6.01. The van der Waals surface area contributed by atoms with Gasteiger partial charge in [-0.3, -0.25) is 0 Å². The first kappa shape index (κ1) is 18.3. The smallest absolute Gasteiger partial charge is 0.336 e. The average Bonchev–Trinajstić information content (AvgIpc) is 2.93. The summed E-state index contributed by atoms with van der Waals surface area (Å²) in [4.78, 5) is 26.4. The molecular weight excluding hydrogens is 346 g/mol. The van der Waals surface area contributed by atoms with Crippen molar-refractivity contribution in [3.63, 3.8) is 0 Å². The second-order valence-electron chi connectivity index (χ2n) is 6.32. The Kier molecular flexibility index (Phi) is 5.22. The largest absolute Gasteiger partial charge is 0.466 e. The first-order valence-electron chi connectivity index (χ1n) is 8.41. The Morgan fingerprint density at radius 3 is 2.77 bits per heavy atom. The lowest BCUT2D eigenvalue weighted by Crippen LogP contribution is -2.51. The molecule has 2 aliphatic heterocycles. The van der Waals surface area contributed by atoms with Crippen LogP contribution in [-0.4, -0.2) is 54.4 Å². The van der Waals surface area contributed by atoms with E-state index in [0.29, 0.717) is 18.4 Å². The Morgan fingerprint density at radius 2 is 2.12 bits per heavy atom. The van der Waals surface area contributed by atoms with E-state index in [-0.39, 0.29) is 42.8 Å². The molecule has 1 saturated heterocycles. The third kappa shape index (κ3) is 3.16. The Bertz CT molecular complexity index is 766. The summed E-state index contributed by atoms with van der Waals surface area (Å²) in [6.07, 6.45) is 1.48. The lowest BCUT2D eigenvalue weighted by Gasteiger charge is -2.37. The number of fused-ring (bicyclic) bond motifs is 2. The van der Waals surface area contributed by atoms with Crippen molar-refractivity contribution >= 4 is 17.6 Å². The van der Waals surface area contributed by atoms with Gasteiger partial charge >= 0.3 is 12.0 Å². The van der Waals surface area contributed by atoms with E-state index < -0.39 is 23.6 Å². The molecule has 2 heterocycles. The number of benzene rings is 1. The highest BCUT2D eigenvalue weighted by atomic mass is 19.1. The molecule has 8 heteroatoms. The number of esters is 1. The number of rotatable bonds is 4. The number of carbonyl (C=O) groups excluding carboxylic acids is 2. The molecule has 1 aromatic carbocycles. The number of carbonyl (C=O) groups is 2. The van der Waals surface area contributed by atoms with Crippen LogP contribution in [0.25, 0.3) is 5.57 Å². The summed E-state index contributed by atoms with van der Waals surface area (Å²) >= 11 is 0. The number of halogens is 2. The van der Waals surface area contributed by atoms with Crippen molar-refractivity contribution in [3.8, 4) is 0 Å². The SMILES string of the molecule is COC(=O)C1=C(c2ccc(F)cc2F)CC2CCC1N2C(=O)NCCO. The average molecular weight is 366 g/mol.